The van der Waals surface area contributed by atoms with E-state index in [2.05, 4.69) is 16.9 Å². The maximum absolute atomic E-state index is 12.5. The Labute approximate surface area is 161 Å². The molecule has 1 aliphatic rings. The molecule has 0 unspecified atom stereocenters. The number of aromatic nitrogens is 2. The molecule has 8 heteroatoms. The molecule has 0 radical (unpaired) electrons. The largest absolute Gasteiger partial charge is 0.451 e. The van der Waals surface area contributed by atoms with Crippen LogP contribution < -0.4 is 5.56 Å². The number of nitrogens with one attached hydrogen (secondary N) is 1. The lowest BCUT2D eigenvalue weighted by atomic mass is 9.87. The molecule has 2 aromatic heterocycles. The minimum absolute atomic E-state index is 0.200. The zero-order valence-electron chi connectivity index (χ0n) is 16.1. The van der Waals surface area contributed by atoms with Crippen molar-refractivity contribution in [1.29, 1.82) is 0 Å². The molecular weight excluding hydrogens is 366 g/mol. The highest BCUT2D eigenvalue weighted by atomic mass is 32.1. The number of amides is 1. The molecule has 1 fully saturated rings. The van der Waals surface area contributed by atoms with Gasteiger partial charge >= 0.3 is 5.97 Å². The highest BCUT2D eigenvalue weighted by Crippen LogP contribution is 2.28. The molecule has 0 saturated heterocycles. The topological polar surface area (TPSA) is 92.4 Å². The van der Waals surface area contributed by atoms with Crippen LogP contribution in [0.2, 0.25) is 0 Å². The monoisotopic (exact) mass is 391 g/mol. The quantitative estimate of drug-likeness (QED) is 0.809. The van der Waals surface area contributed by atoms with E-state index in [0.29, 0.717) is 32.4 Å². The van der Waals surface area contributed by atoms with Crippen LogP contribution in [-0.2, 0) is 9.53 Å². The number of aryl methyl sites for hydroxylation is 2. The Hall–Kier alpha value is -2.22. The first-order chi connectivity index (χ1) is 12.8. The molecule has 0 atom stereocenters. The smallest absolute Gasteiger partial charge is 0.349 e. The summed E-state index contributed by atoms with van der Waals surface area (Å²) in [5.74, 6) is 0.409. The van der Waals surface area contributed by atoms with Gasteiger partial charge in [0.05, 0.1) is 5.39 Å². The fraction of sp³-hybridized carbons (Fsp3) is 0.579. The van der Waals surface area contributed by atoms with Crippen LogP contribution in [0, 0.1) is 19.8 Å². The third-order valence-corrected chi connectivity index (χ3v) is 6.52. The molecule has 2 aromatic rings. The highest BCUT2D eigenvalue weighted by Gasteiger charge is 2.26. The van der Waals surface area contributed by atoms with Crippen molar-refractivity contribution in [1.82, 2.24) is 14.9 Å². The molecule has 27 heavy (non-hydrogen) atoms. The van der Waals surface area contributed by atoms with Crippen LogP contribution in [0.25, 0.3) is 10.2 Å². The maximum atomic E-state index is 12.5. The van der Waals surface area contributed by atoms with Crippen molar-refractivity contribution in [2.45, 2.75) is 52.5 Å². The van der Waals surface area contributed by atoms with Gasteiger partial charge in [0.15, 0.2) is 6.61 Å². The van der Waals surface area contributed by atoms with Gasteiger partial charge in [-0.1, -0.05) is 6.92 Å². The van der Waals surface area contributed by atoms with Gasteiger partial charge in [-0.15, -0.1) is 11.3 Å². The van der Waals surface area contributed by atoms with Crippen LogP contribution in [-0.4, -0.2) is 46.4 Å². The standard InChI is InChI=1S/C19H25N3O4S/c1-10-5-7-13(8-6-10)22(4)14(23)9-26-19(25)16-11(2)15-17(24)20-12(3)21-18(15)27-16/h10,13H,5-9H2,1-4H3,(H,20,21,24). The van der Waals surface area contributed by atoms with E-state index in [9.17, 15) is 14.4 Å². The Morgan fingerprint density at radius 1 is 1.26 bits per heavy atom. The zero-order valence-corrected chi connectivity index (χ0v) is 16.9. The Kier molecular flexibility index (Phi) is 5.64. The number of ether oxygens (including phenoxy) is 1. The van der Waals surface area contributed by atoms with E-state index in [1.165, 1.54) is 0 Å². The summed E-state index contributed by atoms with van der Waals surface area (Å²) in [7, 11) is 1.77. The normalized spacial score (nSPS) is 19.9. The van der Waals surface area contributed by atoms with E-state index in [4.69, 9.17) is 4.74 Å². The molecule has 1 aliphatic carbocycles. The second kappa shape index (κ2) is 7.80. The van der Waals surface area contributed by atoms with Gasteiger partial charge in [-0.25, -0.2) is 9.78 Å². The summed E-state index contributed by atoms with van der Waals surface area (Å²) >= 11 is 1.12. The molecule has 0 aromatic carbocycles. The number of H-pyrrole nitrogens is 1. The zero-order chi connectivity index (χ0) is 19.7. The number of carbonyl (C=O) groups is 2. The summed E-state index contributed by atoms with van der Waals surface area (Å²) in [6.07, 6.45) is 4.20. The summed E-state index contributed by atoms with van der Waals surface area (Å²) < 4.78 is 5.24. The predicted molar refractivity (Wildman–Crippen MR) is 104 cm³/mol. The molecule has 1 N–H and O–H groups in total. The second-order valence-corrected chi connectivity index (χ2v) is 8.38. The second-order valence-electron chi connectivity index (χ2n) is 7.38. The number of hydrogen-bond donors (Lipinski definition) is 1. The molecule has 2 heterocycles. The number of carbonyl (C=O) groups excluding carboxylic acids is 2. The molecule has 0 aliphatic heterocycles. The maximum Gasteiger partial charge on any atom is 0.349 e. The van der Waals surface area contributed by atoms with Crippen molar-refractivity contribution in [2.24, 2.45) is 5.92 Å². The van der Waals surface area contributed by atoms with Gasteiger partial charge in [0.1, 0.15) is 15.5 Å². The van der Waals surface area contributed by atoms with E-state index < -0.39 is 5.97 Å². The van der Waals surface area contributed by atoms with Crippen molar-refractivity contribution in [3.05, 3.63) is 26.6 Å². The number of rotatable bonds is 4. The number of thiophene rings is 1. The Morgan fingerprint density at radius 2 is 1.93 bits per heavy atom. The molecule has 146 valence electrons. The summed E-state index contributed by atoms with van der Waals surface area (Å²) in [6, 6.07) is 0.212. The Bertz CT molecular complexity index is 925. The Morgan fingerprint density at radius 3 is 2.59 bits per heavy atom. The fourth-order valence-corrected chi connectivity index (χ4v) is 4.70. The van der Waals surface area contributed by atoms with E-state index in [-0.39, 0.29) is 24.1 Å². The summed E-state index contributed by atoms with van der Waals surface area (Å²) in [5, 5.41) is 0.400. The summed E-state index contributed by atoms with van der Waals surface area (Å²) in [6.45, 7) is 5.32. The van der Waals surface area contributed by atoms with Gasteiger partial charge in [-0.3, -0.25) is 9.59 Å². The number of fused-ring (bicyclic) bond motifs is 1. The SMILES string of the molecule is Cc1nc2sc(C(=O)OCC(=O)N(C)C3CCC(C)CC3)c(C)c2c(=O)[nH]1. The van der Waals surface area contributed by atoms with Gasteiger partial charge < -0.3 is 14.6 Å². The van der Waals surface area contributed by atoms with Crippen molar-refractivity contribution < 1.29 is 14.3 Å². The van der Waals surface area contributed by atoms with E-state index in [1.54, 1.807) is 25.8 Å². The third kappa shape index (κ3) is 4.05. The van der Waals surface area contributed by atoms with E-state index in [0.717, 1.165) is 37.0 Å². The number of hydrogen-bond acceptors (Lipinski definition) is 6. The van der Waals surface area contributed by atoms with E-state index in [1.807, 2.05) is 0 Å². The minimum Gasteiger partial charge on any atom is -0.451 e. The van der Waals surface area contributed by atoms with Crippen LogP contribution in [0.1, 0.15) is 53.7 Å². The average molecular weight is 391 g/mol. The molecule has 1 amide bonds. The van der Waals surface area contributed by atoms with Crippen molar-refractivity contribution in [2.75, 3.05) is 13.7 Å². The predicted octanol–water partition coefficient (Wildman–Crippen LogP) is 2.80. The molecule has 0 spiro atoms. The highest BCUT2D eigenvalue weighted by molar-refractivity contribution is 7.20. The first kappa shape index (κ1) is 19.5. The van der Waals surface area contributed by atoms with Crippen molar-refractivity contribution >= 4 is 33.4 Å². The van der Waals surface area contributed by atoms with Gasteiger partial charge in [0, 0.05) is 13.1 Å². The number of aromatic amines is 1. The van der Waals surface area contributed by atoms with Crippen LogP contribution >= 0.6 is 11.3 Å². The van der Waals surface area contributed by atoms with Gasteiger partial charge in [0.25, 0.3) is 11.5 Å². The fourth-order valence-electron chi connectivity index (χ4n) is 3.57. The lowest BCUT2D eigenvalue weighted by molar-refractivity contribution is -0.136. The van der Waals surface area contributed by atoms with Crippen molar-refractivity contribution in [3.8, 4) is 0 Å². The minimum atomic E-state index is -0.591. The van der Waals surface area contributed by atoms with E-state index >= 15 is 0 Å². The number of likely N-dealkylation sites (N-methyl/N-ethyl adjacent to an activating group) is 1. The van der Waals surface area contributed by atoms with Crippen molar-refractivity contribution in [3.63, 3.8) is 0 Å². The van der Waals surface area contributed by atoms with Crippen LogP contribution in [0.5, 0.6) is 0 Å². The van der Waals surface area contributed by atoms with Gasteiger partial charge in [-0.05, 0) is 51.0 Å². The van der Waals surface area contributed by atoms with Gasteiger partial charge in [0.2, 0.25) is 0 Å². The lowest BCUT2D eigenvalue weighted by Crippen LogP contribution is -2.41. The third-order valence-electron chi connectivity index (χ3n) is 5.36. The number of nitrogens with zero attached hydrogens (tertiary/aromatic N) is 2. The molecule has 0 bridgehead atoms. The first-order valence-corrected chi connectivity index (χ1v) is 10.0. The molecule has 3 rings (SSSR count). The van der Waals surface area contributed by atoms with Crippen LogP contribution in [0.15, 0.2) is 4.79 Å². The first-order valence-electron chi connectivity index (χ1n) is 9.20. The van der Waals surface area contributed by atoms with Crippen LogP contribution in [0.3, 0.4) is 0 Å². The summed E-state index contributed by atoms with van der Waals surface area (Å²) in [4.78, 5) is 46.4. The van der Waals surface area contributed by atoms with Gasteiger partial charge in [-0.2, -0.15) is 0 Å². The Balaban J connectivity index is 1.66. The molecular formula is C19H25N3O4S. The van der Waals surface area contributed by atoms with Crippen LogP contribution in [0.4, 0.5) is 0 Å². The average Bonchev–Trinajstić information content (AvgIpc) is 2.96. The molecule has 7 nitrogen and oxygen atoms in total. The lowest BCUT2D eigenvalue weighted by Gasteiger charge is -2.33. The summed E-state index contributed by atoms with van der Waals surface area (Å²) in [5.41, 5.74) is 0.267. The number of esters is 1. The molecule has 1 saturated carbocycles.